The van der Waals surface area contributed by atoms with Gasteiger partial charge in [0.1, 0.15) is 0 Å². The highest BCUT2D eigenvalue weighted by Crippen LogP contribution is 2.44. The van der Waals surface area contributed by atoms with Crippen molar-refractivity contribution in [3.8, 4) is 6.07 Å². The average molecular weight is 270 g/mol. The average Bonchev–Trinajstić information content (AvgIpc) is 3.09. The molecule has 2 rings (SSSR count). The summed E-state index contributed by atoms with van der Waals surface area (Å²) in [4.78, 5) is 0. The van der Waals surface area contributed by atoms with Gasteiger partial charge in [-0.15, -0.1) is 0 Å². The van der Waals surface area contributed by atoms with Gasteiger partial charge < -0.3 is 0 Å². The first-order chi connectivity index (χ1) is 8.62. The fraction of sp³-hybridized carbons (Fsp3) is 0.923. The van der Waals surface area contributed by atoms with Gasteiger partial charge in [0.25, 0.3) is 0 Å². The lowest BCUT2D eigenvalue weighted by atomic mass is 9.86. The summed E-state index contributed by atoms with van der Waals surface area (Å²) in [6.07, 6.45) is 8.28. The molecule has 0 heterocycles. The van der Waals surface area contributed by atoms with Crippen LogP contribution >= 0.6 is 0 Å². The minimum Gasteiger partial charge on any atom is -0.212 e. The molecule has 0 amide bonds. The van der Waals surface area contributed by atoms with Crippen LogP contribution in [0.25, 0.3) is 0 Å². The van der Waals surface area contributed by atoms with Crippen molar-refractivity contribution in [2.45, 2.75) is 57.4 Å². The third kappa shape index (κ3) is 3.96. The van der Waals surface area contributed by atoms with E-state index >= 15 is 0 Å². The number of hydrogen-bond donors (Lipinski definition) is 1. The van der Waals surface area contributed by atoms with Crippen LogP contribution in [0, 0.1) is 23.2 Å². The van der Waals surface area contributed by atoms with Crippen LogP contribution in [0.1, 0.15) is 51.4 Å². The zero-order valence-corrected chi connectivity index (χ0v) is 11.6. The van der Waals surface area contributed by atoms with Crippen molar-refractivity contribution in [3.05, 3.63) is 0 Å². The first kappa shape index (κ1) is 13.8. The van der Waals surface area contributed by atoms with E-state index in [4.69, 9.17) is 5.26 Å². The van der Waals surface area contributed by atoms with E-state index in [1.165, 1.54) is 32.1 Å². The molecule has 2 saturated carbocycles. The van der Waals surface area contributed by atoms with Gasteiger partial charge >= 0.3 is 0 Å². The number of unbranched alkanes of at least 4 members (excludes halogenated alkanes) is 1. The summed E-state index contributed by atoms with van der Waals surface area (Å²) >= 11 is 0. The normalized spacial score (nSPS) is 28.8. The quantitative estimate of drug-likeness (QED) is 0.752. The van der Waals surface area contributed by atoms with Gasteiger partial charge in [-0.25, -0.2) is 13.1 Å². The Morgan fingerprint density at radius 2 is 1.94 bits per heavy atom. The number of sulfonamides is 1. The maximum absolute atomic E-state index is 11.8. The third-order valence-corrected chi connectivity index (χ3v) is 5.62. The lowest BCUT2D eigenvalue weighted by molar-refractivity contribution is 0.316. The highest BCUT2D eigenvalue weighted by atomic mass is 32.2. The van der Waals surface area contributed by atoms with Gasteiger partial charge in [-0.05, 0) is 24.7 Å². The number of rotatable bonds is 6. The lowest BCUT2D eigenvalue weighted by Crippen LogP contribution is -2.30. The van der Waals surface area contributed by atoms with Gasteiger partial charge in [-0.3, -0.25) is 0 Å². The topological polar surface area (TPSA) is 70.0 Å². The molecule has 0 aromatic carbocycles. The summed E-state index contributed by atoms with van der Waals surface area (Å²) in [6.45, 7) is 0. The van der Waals surface area contributed by atoms with Gasteiger partial charge in [0.15, 0.2) is 0 Å². The highest BCUT2D eigenvalue weighted by molar-refractivity contribution is 7.89. The first-order valence-electron chi connectivity index (χ1n) is 6.99. The second kappa shape index (κ2) is 6.03. The zero-order chi connectivity index (χ0) is 13.0. The molecule has 0 radical (unpaired) electrons. The summed E-state index contributed by atoms with van der Waals surface area (Å²) in [7, 11) is -3.16. The van der Waals surface area contributed by atoms with E-state index in [1.807, 2.05) is 6.07 Å². The first-order valence-corrected chi connectivity index (χ1v) is 8.64. The molecule has 2 atom stereocenters. The molecular formula is C13H22N2O2S. The molecule has 102 valence electrons. The van der Waals surface area contributed by atoms with E-state index in [2.05, 4.69) is 4.72 Å². The van der Waals surface area contributed by atoms with Crippen molar-refractivity contribution in [2.75, 3.05) is 5.75 Å². The molecule has 0 unspecified atom stereocenters. The van der Waals surface area contributed by atoms with Crippen LogP contribution in [0.5, 0.6) is 0 Å². The molecular weight excluding hydrogens is 248 g/mol. The summed E-state index contributed by atoms with van der Waals surface area (Å²) in [5.41, 5.74) is 0. The zero-order valence-electron chi connectivity index (χ0n) is 10.8. The Bertz CT molecular complexity index is 407. The Kier molecular flexibility index (Phi) is 4.63. The molecule has 4 nitrogen and oxygen atoms in total. The molecule has 0 aliphatic heterocycles. The Hall–Kier alpha value is -0.600. The molecule has 1 N–H and O–H groups in total. The molecule has 0 aromatic rings. The van der Waals surface area contributed by atoms with Gasteiger partial charge in [0.2, 0.25) is 10.0 Å². The summed E-state index contributed by atoms with van der Waals surface area (Å²) in [5.74, 6) is 1.41. The fourth-order valence-corrected chi connectivity index (χ4v) is 4.44. The Labute approximate surface area is 110 Å². The van der Waals surface area contributed by atoms with E-state index in [9.17, 15) is 8.42 Å². The molecule has 2 aliphatic rings. The molecule has 18 heavy (non-hydrogen) atoms. The van der Waals surface area contributed by atoms with Crippen LogP contribution in [0.4, 0.5) is 0 Å². The van der Waals surface area contributed by atoms with E-state index in [-0.39, 0.29) is 11.8 Å². The summed E-state index contributed by atoms with van der Waals surface area (Å²) < 4.78 is 26.3. The van der Waals surface area contributed by atoms with Crippen molar-refractivity contribution in [1.82, 2.24) is 4.72 Å². The largest absolute Gasteiger partial charge is 0.212 e. The van der Waals surface area contributed by atoms with Crippen LogP contribution in [0.3, 0.4) is 0 Å². The smallest absolute Gasteiger partial charge is 0.211 e. The maximum atomic E-state index is 11.8. The summed E-state index contributed by atoms with van der Waals surface area (Å²) in [6, 6.07) is 2.16. The number of nitrogens with one attached hydrogen (secondary N) is 1. The number of nitriles is 1. The minimum absolute atomic E-state index is 0.0917. The van der Waals surface area contributed by atoms with E-state index in [0.29, 0.717) is 18.8 Å². The molecule has 0 saturated heterocycles. The predicted octanol–water partition coefficient (Wildman–Crippen LogP) is 2.18. The van der Waals surface area contributed by atoms with Gasteiger partial charge in [0, 0.05) is 12.5 Å². The molecule has 5 heteroatoms. The molecule has 0 bridgehead atoms. The van der Waals surface area contributed by atoms with Crippen molar-refractivity contribution in [2.24, 2.45) is 11.8 Å². The lowest BCUT2D eigenvalue weighted by Gasteiger charge is -2.21. The van der Waals surface area contributed by atoms with Crippen LogP contribution in [0.15, 0.2) is 0 Å². The van der Waals surface area contributed by atoms with Crippen LogP contribution < -0.4 is 4.72 Å². The van der Waals surface area contributed by atoms with Gasteiger partial charge in [0.05, 0.1) is 11.8 Å². The predicted molar refractivity (Wildman–Crippen MR) is 70.2 cm³/mol. The van der Waals surface area contributed by atoms with E-state index in [0.717, 1.165) is 12.3 Å². The minimum atomic E-state index is -3.16. The third-order valence-electron chi connectivity index (χ3n) is 4.13. The Balaban J connectivity index is 1.73. The second-order valence-corrected chi connectivity index (χ2v) is 7.48. The molecule has 0 aromatic heterocycles. The summed E-state index contributed by atoms with van der Waals surface area (Å²) in [5, 5.41) is 8.40. The van der Waals surface area contributed by atoms with Gasteiger partial charge in [-0.1, -0.05) is 32.1 Å². The van der Waals surface area contributed by atoms with E-state index in [1.54, 1.807) is 0 Å². The van der Waals surface area contributed by atoms with Crippen molar-refractivity contribution in [1.29, 1.82) is 5.26 Å². The fourth-order valence-electron chi connectivity index (χ4n) is 3.06. The van der Waals surface area contributed by atoms with Gasteiger partial charge in [-0.2, -0.15) is 5.26 Å². The highest BCUT2D eigenvalue weighted by Gasteiger charge is 2.44. The second-order valence-electron chi connectivity index (χ2n) is 5.60. The maximum Gasteiger partial charge on any atom is 0.211 e. The molecule has 2 aliphatic carbocycles. The Morgan fingerprint density at radius 3 is 2.61 bits per heavy atom. The van der Waals surface area contributed by atoms with Crippen LogP contribution in [-0.4, -0.2) is 20.2 Å². The van der Waals surface area contributed by atoms with Crippen molar-refractivity contribution >= 4 is 10.0 Å². The Morgan fingerprint density at radius 1 is 1.22 bits per heavy atom. The molecule has 0 spiro atoms. The van der Waals surface area contributed by atoms with Crippen molar-refractivity contribution in [3.63, 3.8) is 0 Å². The standard InChI is InChI=1S/C13H22N2O2S/c14-8-4-5-9-18(16,17)15-13-10-12(13)11-6-2-1-3-7-11/h11-13,15H,1-7,9-10H2/t12-,13+/m1/s1. The van der Waals surface area contributed by atoms with Crippen LogP contribution in [0.2, 0.25) is 0 Å². The monoisotopic (exact) mass is 270 g/mol. The molecule has 2 fully saturated rings. The number of nitrogens with zero attached hydrogens (tertiary/aromatic N) is 1. The van der Waals surface area contributed by atoms with Crippen LogP contribution in [-0.2, 0) is 10.0 Å². The SMILES string of the molecule is N#CCCCS(=O)(=O)N[C@H]1C[C@@H]1C1CCCCC1. The van der Waals surface area contributed by atoms with Crippen molar-refractivity contribution < 1.29 is 8.42 Å². The van der Waals surface area contributed by atoms with E-state index < -0.39 is 10.0 Å². The number of hydrogen-bond acceptors (Lipinski definition) is 3.